The molecule has 1 amide bonds. The van der Waals surface area contributed by atoms with Crippen molar-refractivity contribution in [1.82, 2.24) is 29.9 Å². The smallest absolute Gasteiger partial charge is 0.328 e. The molecule has 1 aromatic carbocycles. The maximum atomic E-state index is 13.0. The van der Waals surface area contributed by atoms with Crippen LogP contribution in [-0.2, 0) is 17.9 Å². The van der Waals surface area contributed by atoms with Crippen molar-refractivity contribution in [2.24, 2.45) is 0 Å². The SMILES string of the molecule is Cc1ccc(-c2cc(C(=O)N3Cc4nnc(C)n4CC3C(=O)O)[nH]n2)c(C)c1. The van der Waals surface area contributed by atoms with Crippen LogP contribution in [0.4, 0.5) is 0 Å². The van der Waals surface area contributed by atoms with Gasteiger partial charge in [-0.1, -0.05) is 23.8 Å². The number of hydrogen-bond donors (Lipinski definition) is 2. The Kier molecular flexibility index (Phi) is 4.21. The molecule has 0 aliphatic carbocycles. The summed E-state index contributed by atoms with van der Waals surface area (Å²) in [7, 11) is 0. The first kappa shape index (κ1) is 17.9. The van der Waals surface area contributed by atoms with Crippen molar-refractivity contribution in [2.45, 2.75) is 39.9 Å². The molecule has 0 saturated heterocycles. The number of aromatic nitrogens is 5. The van der Waals surface area contributed by atoms with E-state index in [1.54, 1.807) is 17.6 Å². The zero-order chi connectivity index (χ0) is 20.0. The molecule has 144 valence electrons. The fraction of sp³-hybridized carbons (Fsp3) is 0.316. The van der Waals surface area contributed by atoms with E-state index in [1.807, 2.05) is 32.0 Å². The molecule has 3 heterocycles. The van der Waals surface area contributed by atoms with E-state index in [9.17, 15) is 14.7 Å². The van der Waals surface area contributed by atoms with Crippen molar-refractivity contribution >= 4 is 11.9 Å². The first-order valence-corrected chi connectivity index (χ1v) is 8.90. The maximum absolute atomic E-state index is 13.0. The molecule has 0 spiro atoms. The van der Waals surface area contributed by atoms with Crippen molar-refractivity contribution < 1.29 is 14.7 Å². The first-order chi connectivity index (χ1) is 13.3. The van der Waals surface area contributed by atoms with Crippen LogP contribution >= 0.6 is 0 Å². The Morgan fingerprint density at radius 3 is 2.68 bits per heavy atom. The molecule has 0 fully saturated rings. The van der Waals surface area contributed by atoms with Gasteiger partial charge in [0.2, 0.25) is 0 Å². The zero-order valence-electron chi connectivity index (χ0n) is 15.8. The molecule has 1 aliphatic heterocycles. The highest BCUT2D eigenvalue weighted by atomic mass is 16.4. The number of nitrogens with one attached hydrogen (secondary N) is 1. The number of aryl methyl sites for hydroxylation is 3. The van der Waals surface area contributed by atoms with Crippen molar-refractivity contribution in [3.05, 3.63) is 52.7 Å². The van der Waals surface area contributed by atoms with Gasteiger partial charge in [-0.15, -0.1) is 10.2 Å². The highest BCUT2D eigenvalue weighted by Gasteiger charge is 2.37. The molecule has 1 aliphatic rings. The molecule has 28 heavy (non-hydrogen) atoms. The van der Waals surface area contributed by atoms with Crippen molar-refractivity contribution in [3.63, 3.8) is 0 Å². The molecule has 1 unspecified atom stereocenters. The Morgan fingerprint density at radius 1 is 1.18 bits per heavy atom. The largest absolute Gasteiger partial charge is 0.480 e. The number of nitrogens with zero attached hydrogens (tertiary/aromatic N) is 5. The number of benzene rings is 1. The van der Waals surface area contributed by atoms with Crippen LogP contribution in [0.5, 0.6) is 0 Å². The number of aliphatic carboxylic acids is 1. The second-order valence-corrected chi connectivity index (χ2v) is 7.05. The molecule has 0 radical (unpaired) electrons. The minimum absolute atomic E-state index is 0.0779. The molecular formula is C19H20N6O3. The number of fused-ring (bicyclic) bond motifs is 1. The summed E-state index contributed by atoms with van der Waals surface area (Å²) in [6, 6.07) is 6.65. The number of H-pyrrole nitrogens is 1. The summed E-state index contributed by atoms with van der Waals surface area (Å²) in [6.07, 6.45) is 0. The van der Waals surface area contributed by atoms with Gasteiger partial charge in [-0.25, -0.2) is 4.79 Å². The molecule has 2 aromatic heterocycles. The number of amides is 1. The molecule has 4 rings (SSSR count). The van der Waals surface area contributed by atoms with E-state index in [4.69, 9.17) is 0 Å². The van der Waals surface area contributed by atoms with Crippen LogP contribution in [0.15, 0.2) is 24.3 Å². The third kappa shape index (κ3) is 2.94. The topological polar surface area (TPSA) is 117 Å². The van der Waals surface area contributed by atoms with Crippen LogP contribution in [0.3, 0.4) is 0 Å². The zero-order valence-corrected chi connectivity index (χ0v) is 15.8. The van der Waals surface area contributed by atoms with Crippen LogP contribution in [0, 0.1) is 20.8 Å². The van der Waals surface area contributed by atoms with E-state index in [1.165, 1.54) is 4.90 Å². The van der Waals surface area contributed by atoms with Crippen molar-refractivity contribution in [2.75, 3.05) is 0 Å². The van der Waals surface area contributed by atoms with E-state index in [0.717, 1.165) is 16.7 Å². The second kappa shape index (κ2) is 6.59. The van der Waals surface area contributed by atoms with Gasteiger partial charge in [-0.05, 0) is 32.4 Å². The molecule has 9 heteroatoms. The van der Waals surface area contributed by atoms with Crippen LogP contribution in [0.2, 0.25) is 0 Å². The lowest BCUT2D eigenvalue weighted by Crippen LogP contribution is -2.50. The van der Waals surface area contributed by atoms with Gasteiger partial charge in [-0.2, -0.15) is 5.10 Å². The number of carbonyl (C=O) groups is 2. The summed E-state index contributed by atoms with van der Waals surface area (Å²) >= 11 is 0. The lowest BCUT2D eigenvalue weighted by Gasteiger charge is -2.33. The average Bonchev–Trinajstić information content (AvgIpc) is 3.27. The summed E-state index contributed by atoms with van der Waals surface area (Å²) in [6.45, 7) is 5.96. The third-order valence-corrected chi connectivity index (χ3v) is 5.07. The second-order valence-electron chi connectivity index (χ2n) is 7.05. The fourth-order valence-electron chi connectivity index (χ4n) is 3.56. The van der Waals surface area contributed by atoms with E-state index in [0.29, 0.717) is 17.3 Å². The normalized spacial score (nSPS) is 16.1. The van der Waals surface area contributed by atoms with E-state index < -0.39 is 17.9 Å². The van der Waals surface area contributed by atoms with Gasteiger partial charge in [0, 0.05) is 5.56 Å². The Bertz CT molecular complexity index is 1080. The number of rotatable bonds is 3. The highest BCUT2D eigenvalue weighted by molar-refractivity contribution is 5.96. The average molecular weight is 380 g/mol. The van der Waals surface area contributed by atoms with Gasteiger partial charge in [-0.3, -0.25) is 9.89 Å². The van der Waals surface area contributed by atoms with Crippen molar-refractivity contribution in [3.8, 4) is 11.3 Å². The quantitative estimate of drug-likeness (QED) is 0.714. The minimum atomic E-state index is -1.07. The Balaban J connectivity index is 1.65. The monoisotopic (exact) mass is 380 g/mol. The molecule has 0 saturated carbocycles. The van der Waals surface area contributed by atoms with Crippen LogP contribution in [-0.4, -0.2) is 52.9 Å². The molecular weight excluding hydrogens is 360 g/mol. The van der Waals surface area contributed by atoms with E-state index >= 15 is 0 Å². The number of aromatic amines is 1. The summed E-state index contributed by atoms with van der Waals surface area (Å²) in [5, 5.41) is 24.7. The fourth-order valence-corrected chi connectivity index (χ4v) is 3.56. The number of hydrogen-bond acceptors (Lipinski definition) is 5. The van der Waals surface area contributed by atoms with E-state index in [-0.39, 0.29) is 18.8 Å². The Morgan fingerprint density at radius 2 is 1.96 bits per heavy atom. The predicted molar refractivity (Wildman–Crippen MR) is 99.6 cm³/mol. The summed E-state index contributed by atoms with van der Waals surface area (Å²) < 4.78 is 1.73. The summed E-state index contributed by atoms with van der Waals surface area (Å²) in [4.78, 5) is 26.1. The molecule has 1 atom stereocenters. The number of carboxylic acids is 1. The first-order valence-electron chi connectivity index (χ1n) is 8.90. The van der Waals surface area contributed by atoms with Crippen LogP contribution in [0.25, 0.3) is 11.3 Å². The maximum Gasteiger partial charge on any atom is 0.328 e. The van der Waals surface area contributed by atoms with Gasteiger partial charge in [0.1, 0.15) is 17.6 Å². The number of carbonyl (C=O) groups excluding carboxylic acids is 1. The molecule has 2 N–H and O–H groups in total. The standard InChI is InChI=1S/C19H20N6O3/c1-10-4-5-13(11(2)6-10)14-7-15(22-21-14)18(26)25-9-17-23-20-12(3)24(17)8-16(25)19(27)28/h4-7,16H,8-9H2,1-3H3,(H,21,22)(H,27,28). The van der Waals surface area contributed by atoms with Crippen molar-refractivity contribution in [1.29, 1.82) is 0 Å². The molecule has 9 nitrogen and oxygen atoms in total. The lowest BCUT2D eigenvalue weighted by atomic mass is 10.0. The molecule has 0 bridgehead atoms. The lowest BCUT2D eigenvalue weighted by molar-refractivity contribution is -0.143. The van der Waals surface area contributed by atoms with Gasteiger partial charge in [0.05, 0.1) is 18.8 Å². The Hall–Kier alpha value is -3.49. The number of carboxylic acid groups (broad SMARTS) is 1. The van der Waals surface area contributed by atoms with Gasteiger partial charge < -0.3 is 14.6 Å². The minimum Gasteiger partial charge on any atom is -0.480 e. The van der Waals surface area contributed by atoms with Gasteiger partial charge >= 0.3 is 5.97 Å². The van der Waals surface area contributed by atoms with E-state index in [2.05, 4.69) is 20.4 Å². The highest BCUT2D eigenvalue weighted by Crippen LogP contribution is 2.25. The summed E-state index contributed by atoms with van der Waals surface area (Å²) in [5.41, 5.74) is 4.00. The Labute approximate surface area is 161 Å². The van der Waals surface area contributed by atoms with Gasteiger partial charge in [0.15, 0.2) is 5.82 Å². The van der Waals surface area contributed by atoms with Crippen LogP contribution < -0.4 is 0 Å². The predicted octanol–water partition coefficient (Wildman–Crippen LogP) is 1.70. The third-order valence-electron chi connectivity index (χ3n) is 5.07. The summed E-state index contributed by atoms with van der Waals surface area (Å²) in [5.74, 6) is -0.298. The van der Waals surface area contributed by atoms with Crippen LogP contribution in [0.1, 0.15) is 33.3 Å². The molecule has 3 aromatic rings. The van der Waals surface area contributed by atoms with Gasteiger partial charge in [0.25, 0.3) is 5.91 Å².